The van der Waals surface area contributed by atoms with E-state index in [4.69, 9.17) is 0 Å². The van der Waals surface area contributed by atoms with E-state index in [1.54, 1.807) is 141 Å². The highest BCUT2D eigenvalue weighted by Crippen LogP contribution is 2.61. The molecule has 0 atom stereocenters. The Morgan fingerprint density at radius 1 is 0.321 bits per heavy atom. The molecule has 2 heteroatoms. The first-order chi connectivity index (χ1) is 13.9. The molecule has 4 saturated carbocycles. The summed E-state index contributed by atoms with van der Waals surface area (Å²) in [6.07, 6.45) is 35.5. The van der Waals surface area contributed by atoms with Crippen LogP contribution in [-0.4, -0.2) is 35.0 Å². The molecular formula is C26H50P2+2. The largest absolute Gasteiger partial charge is 0.0910 e. The van der Waals surface area contributed by atoms with Crippen molar-refractivity contribution in [3.8, 4) is 0 Å². The molecule has 4 fully saturated rings. The molecule has 0 aromatic carbocycles. The molecule has 0 bridgehead atoms. The fourth-order valence-corrected chi connectivity index (χ4v) is 17.5. The highest BCUT2D eigenvalue weighted by atomic mass is 31.1. The van der Waals surface area contributed by atoms with Gasteiger partial charge in [0.1, 0.15) is 0 Å². The predicted molar refractivity (Wildman–Crippen MR) is 134 cm³/mol. The van der Waals surface area contributed by atoms with E-state index >= 15 is 0 Å². The molecule has 0 spiro atoms. The first-order valence-corrected chi connectivity index (χ1v) is 17.4. The minimum absolute atomic E-state index is 0.0909. The van der Waals surface area contributed by atoms with Crippen molar-refractivity contribution in [3.63, 3.8) is 0 Å². The lowest BCUT2D eigenvalue weighted by Gasteiger charge is -2.35. The zero-order valence-electron chi connectivity index (χ0n) is 18.9. The first-order valence-electron chi connectivity index (χ1n) is 13.6. The maximum Gasteiger partial charge on any atom is 0.0910 e. The van der Waals surface area contributed by atoms with Crippen LogP contribution in [0.3, 0.4) is 0 Å². The number of rotatable bonds is 7. The van der Waals surface area contributed by atoms with Crippen LogP contribution in [0.25, 0.3) is 0 Å². The summed E-state index contributed by atoms with van der Waals surface area (Å²) in [5.74, 6) is 0. The van der Waals surface area contributed by atoms with E-state index in [9.17, 15) is 0 Å². The minimum Gasteiger partial charge on any atom is -0.0530 e. The maximum atomic E-state index is 1.77. The molecule has 0 unspecified atom stereocenters. The number of hydrogen-bond donors (Lipinski definition) is 0. The van der Waals surface area contributed by atoms with Crippen LogP contribution in [0.2, 0.25) is 0 Å². The zero-order valence-corrected chi connectivity index (χ0v) is 20.9. The van der Waals surface area contributed by atoms with Crippen molar-refractivity contribution >= 4 is 15.8 Å². The Kier molecular flexibility index (Phi) is 9.49. The molecule has 0 aliphatic heterocycles. The van der Waals surface area contributed by atoms with Crippen LogP contribution in [0.1, 0.15) is 128 Å². The molecule has 0 heterocycles. The smallest absolute Gasteiger partial charge is 0.0530 e. The van der Waals surface area contributed by atoms with E-state index in [1.165, 1.54) is 22.6 Å². The number of hydrogen-bond acceptors (Lipinski definition) is 0. The van der Waals surface area contributed by atoms with Gasteiger partial charge >= 0.3 is 0 Å². The summed E-state index contributed by atoms with van der Waals surface area (Å²) in [7, 11) is -0.182. The molecule has 0 saturated heterocycles. The summed E-state index contributed by atoms with van der Waals surface area (Å²) in [5.41, 5.74) is 4.90. The molecule has 0 radical (unpaired) electrons. The maximum absolute atomic E-state index is 1.77. The molecule has 0 N–H and O–H groups in total. The molecule has 4 rings (SSSR count). The lowest BCUT2D eigenvalue weighted by Crippen LogP contribution is -2.26. The van der Waals surface area contributed by atoms with Crippen LogP contribution in [0.15, 0.2) is 0 Å². The van der Waals surface area contributed by atoms with E-state index in [0.29, 0.717) is 0 Å². The monoisotopic (exact) mass is 424 g/mol. The summed E-state index contributed by atoms with van der Waals surface area (Å²) < 4.78 is 0. The Morgan fingerprint density at radius 2 is 0.536 bits per heavy atom. The Hall–Kier alpha value is 0.860. The third-order valence-electron chi connectivity index (χ3n) is 9.22. The van der Waals surface area contributed by atoms with Gasteiger partial charge in [-0.3, -0.25) is 0 Å². The third-order valence-corrected chi connectivity index (χ3v) is 17.9. The van der Waals surface area contributed by atoms with E-state index in [1.807, 2.05) is 0 Å². The molecule has 0 nitrogen and oxygen atoms in total. The highest BCUT2D eigenvalue weighted by molar-refractivity contribution is 7.63. The van der Waals surface area contributed by atoms with Gasteiger partial charge in [-0.1, -0.05) is 25.7 Å². The normalized spacial score (nSPS) is 27.6. The molecular weight excluding hydrogens is 374 g/mol. The second kappa shape index (κ2) is 12.0. The molecule has 4 aliphatic carbocycles. The minimum atomic E-state index is -0.0909. The van der Waals surface area contributed by atoms with Gasteiger partial charge in [0.2, 0.25) is 0 Å². The van der Waals surface area contributed by atoms with Crippen molar-refractivity contribution in [3.05, 3.63) is 0 Å². The van der Waals surface area contributed by atoms with Gasteiger partial charge in [-0.15, -0.1) is 0 Å². The third kappa shape index (κ3) is 6.19. The lowest BCUT2D eigenvalue weighted by atomic mass is 9.99. The molecule has 4 aliphatic rings. The summed E-state index contributed by atoms with van der Waals surface area (Å²) in [6, 6.07) is 0. The predicted octanol–water partition coefficient (Wildman–Crippen LogP) is 8.75. The quantitative estimate of drug-likeness (QED) is 0.358. The standard InChI is InChI=1S/C26H48P2/c1-5-13-23(14-6-1)27(24-15-7-2-8-16-24)21-22-28(25-17-9-3-10-18-25)26-19-11-4-12-20-26/h23-26H,1-22H2/p+2. The van der Waals surface area contributed by atoms with Crippen molar-refractivity contribution in [1.29, 1.82) is 0 Å². The Morgan fingerprint density at radius 3 is 0.750 bits per heavy atom. The van der Waals surface area contributed by atoms with Crippen LogP contribution in [0, 0.1) is 0 Å². The Labute approximate surface area is 179 Å². The fraction of sp³-hybridized carbons (Fsp3) is 1.00. The van der Waals surface area contributed by atoms with Crippen LogP contribution in [0.5, 0.6) is 0 Å². The topological polar surface area (TPSA) is 0 Å². The van der Waals surface area contributed by atoms with Gasteiger partial charge in [-0.05, 0) is 103 Å². The Balaban J connectivity index is 1.41. The van der Waals surface area contributed by atoms with Gasteiger partial charge in [-0.25, -0.2) is 0 Å². The van der Waals surface area contributed by atoms with E-state index in [-0.39, 0.29) is 15.8 Å². The zero-order chi connectivity index (χ0) is 19.0. The molecule has 0 aromatic heterocycles. The van der Waals surface area contributed by atoms with Crippen LogP contribution in [0.4, 0.5) is 0 Å². The van der Waals surface area contributed by atoms with Crippen LogP contribution < -0.4 is 0 Å². The molecule has 162 valence electrons. The molecule has 0 aromatic rings. The van der Waals surface area contributed by atoms with Gasteiger partial charge in [0.15, 0.2) is 0 Å². The average Bonchev–Trinajstić information content (AvgIpc) is 2.79. The summed E-state index contributed by atoms with van der Waals surface area (Å²) >= 11 is 0. The van der Waals surface area contributed by atoms with E-state index in [2.05, 4.69) is 0 Å². The van der Waals surface area contributed by atoms with Gasteiger partial charge in [0, 0.05) is 15.8 Å². The summed E-state index contributed by atoms with van der Waals surface area (Å²) in [5, 5.41) is 0. The van der Waals surface area contributed by atoms with Crippen molar-refractivity contribution < 1.29 is 0 Å². The van der Waals surface area contributed by atoms with E-state index in [0.717, 1.165) is 0 Å². The van der Waals surface area contributed by atoms with Crippen molar-refractivity contribution in [2.45, 2.75) is 151 Å². The van der Waals surface area contributed by atoms with Crippen molar-refractivity contribution in [2.75, 3.05) is 12.3 Å². The van der Waals surface area contributed by atoms with Crippen molar-refractivity contribution in [2.24, 2.45) is 0 Å². The molecule has 28 heavy (non-hydrogen) atoms. The van der Waals surface area contributed by atoms with E-state index < -0.39 is 0 Å². The second-order valence-corrected chi connectivity index (χ2v) is 17.6. The Bertz CT molecular complexity index is 336. The first kappa shape index (κ1) is 22.1. The van der Waals surface area contributed by atoms with Crippen molar-refractivity contribution in [1.82, 2.24) is 0 Å². The van der Waals surface area contributed by atoms with Gasteiger partial charge in [0.25, 0.3) is 0 Å². The fourth-order valence-electron chi connectivity index (χ4n) is 7.67. The van der Waals surface area contributed by atoms with Gasteiger partial charge in [-0.2, -0.15) is 0 Å². The SMILES string of the molecule is C1CCC([PH+](CC[PH+](C2CCCCC2)C2CCCCC2)C2CCCCC2)CC1. The second-order valence-electron chi connectivity index (χ2n) is 11.0. The summed E-state index contributed by atoms with van der Waals surface area (Å²) in [4.78, 5) is 0. The average molecular weight is 425 g/mol. The summed E-state index contributed by atoms with van der Waals surface area (Å²) in [6.45, 7) is 0. The highest BCUT2D eigenvalue weighted by Gasteiger charge is 2.42. The van der Waals surface area contributed by atoms with Crippen LogP contribution >= 0.6 is 15.8 Å². The van der Waals surface area contributed by atoms with Crippen LogP contribution in [-0.2, 0) is 0 Å². The van der Waals surface area contributed by atoms with Gasteiger partial charge in [0.05, 0.1) is 35.0 Å². The molecule has 0 amide bonds. The lowest BCUT2D eigenvalue weighted by molar-refractivity contribution is 0.482. The van der Waals surface area contributed by atoms with Gasteiger partial charge < -0.3 is 0 Å².